The number of thioether (sulfide) groups is 1. The van der Waals surface area contributed by atoms with E-state index in [0.717, 1.165) is 19.7 Å². The molecule has 4 heteroatoms. The summed E-state index contributed by atoms with van der Waals surface area (Å²) in [6, 6.07) is 0. The molecule has 1 unspecified atom stereocenters. The predicted octanol–water partition coefficient (Wildman–Crippen LogP) is 1.04. The molecule has 0 spiro atoms. The number of nitrogens with two attached hydrogens (primary N) is 1. The molecule has 1 aliphatic rings. The van der Waals surface area contributed by atoms with Crippen molar-refractivity contribution in [3.63, 3.8) is 0 Å². The lowest BCUT2D eigenvalue weighted by molar-refractivity contribution is -0.0107. The second-order valence-electron chi connectivity index (χ2n) is 4.49. The molecule has 0 aromatic heterocycles. The van der Waals surface area contributed by atoms with E-state index < -0.39 is 0 Å². The van der Waals surface area contributed by atoms with E-state index in [2.05, 4.69) is 18.7 Å². The van der Waals surface area contributed by atoms with E-state index >= 15 is 0 Å². The standard InChI is InChI=1S/C11H24N2OS/c1-10(2)11(8-12,9-14-3)13-4-6-15-7-5-13/h10H,4-9,12H2,1-3H3. The monoisotopic (exact) mass is 232 g/mol. The maximum atomic E-state index is 6.00. The van der Waals surface area contributed by atoms with E-state index in [1.54, 1.807) is 7.11 Å². The average molecular weight is 232 g/mol. The van der Waals surface area contributed by atoms with Crippen LogP contribution in [0.2, 0.25) is 0 Å². The first-order valence-electron chi connectivity index (χ1n) is 5.69. The Labute approximate surface area is 97.7 Å². The molecule has 90 valence electrons. The Kier molecular flexibility index (Phi) is 5.39. The average Bonchev–Trinajstić information content (AvgIpc) is 2.26. The minimum absolute atomic E-state index is 0.0374. The smallest absolute Gasteiger partial charge is 0.0661 e. The van der Waals surface area contributed by atoms with Crippen molar-refractivity contribution in [2.24, 2.45) is 11.7 Å². The van der Waals surface area contributed by atoms with Crippen LogP contribution >= 0.6 is 11.8 Å². The van der Waals surface area contributed by atoms with Crippen LogP contribution < -0.4 is 5.73 Å². The van der Waals surface area contributed by atoms with Crippen molar-refractivity contribution in [1.82, 2.24) is 4.90 Å². The van der Waals surface area contributed by atoms with Crippen LogP contribution in [0.15, 0.2) is 0 Å². The Morgan fingerprint density at radius 3 is 2.40 bits per heavy atom. The fourth-order valence-electron chi connectivity index (χ4n) is 2.31. The topological polar surface area (TPSA) is 38.5 Å². The van der Waals surface area contributed by atoms with Crippen LogP contribution in [-0.2, 0) is 4.74 Å². The summed E-state index contributed by atoms with van der Waals surface area (Å²) >= 11 is 2.03. The lowest BCUT2D eigenvalue weighted by atomic mass is 9.85. The summed E-state index contributed by atoms with van der Waals surface area (Å²) in [4.78, 5) is 2.53. The number of nitrogens with zero attached hydrogens (tertiary/aromatic N) is 1. The fraction of sp³-hybridized carbons (Fsp3) is 1.00. The van der Waals surface area contributed by atoms with Crippen molar-refractivity contribution in [2.45, 2.75) is 19.4 Å². The largest absolute Gasteiger partial charge is 0.383 e. The molecule has 15 heavy (non-hydrogen) atoms. The van der Waals surface area contributed by atoms with Crippen LogP contribution in [0.4, 0.5) is 0 Å². The molecule has 0 aliphatic carbocycles. The summed E-state index contributed by atoms with van der Waals surface area (Å²) in [5.41, 5.74) is 6.03. The van der Waals surface area contributed by atoms with Crippen molar-refractivity contribution in [3.05, 3.63) is 0 Å². The van der Waals surface area contributed by atoms with Crippen molar-refractivity contribution >= 4 is 11.8 Å². The minimum atomic E-state index is 0.0374. The minimum Gasteiger partial charge on any atom is -0.383 e. The summed E-state index contributed by atoms with van der Waals surface area (Å²) < 4.78 is 5.38. The number of hydrogen-bond acceptors (Lipinski definition) is 4. The molecule has 1 fully saturated rings. The van der Waals surface area contributed by atoms with Gasteiger partial charge in [-0.15, -0.1) is 0 Å². The maximum absolute atomic E-state index is 6.00. The summed E-state index contributed by atoms with van der Waals surface area (Å²) in [6.07, 6.45) is 0. The van der Waals surface area contributed by atoms with Crippen molar-refractivity contribution in [2.75, 3.05) is 44.9 Å². The Hall–Kier alpha value is 0.230. The predicted molar refractivity (Wildman–Crippen MR) is 67.4 cm³/mol. The molecule has 0 amide bonds. The SMILES string of the molecule is COCC(CN)(C(C)C)N1CCSCC1. The van der Waals surface area contributed by atoms with Gasteiger partial charge in [0.05, 0.1) is 12.1 Å². The molecular formula is C11H24N2OS. The summed E-state index contributed by atoms with van der Waals surface area (Å²) in [6.45, 7) is 8.20. The van der Waals surface area contributed by atoms with Crippen LogP contribution in [-0.4, -0.2) is 55.3 Å². The van der Waals surface area contributed by atoms with Gasteiger partial charge in [-0.05, 0) is 5.92 Å². The quantitative estimate of drug-likeness (QED) is 0.768. The first kappa shape index (κ1) is 13.3. The highest BCUT2D eigenvalue weighted by molar-refractivity contribution is 7.99. The lowest BCUT2D eigenvalue weighted by Gasteiger charge is -2.47. The maximum Gasteiger partial charge on any atom is 0.0661 e. The van der Waals surface area contributed by atoms with Gasteiger partial charge >= 0.3 is 0 Å². The first-order valence-corrected chi connectivity index (χ1v) is 6.84. The molecule has 3 nitrogen and oxygen atoms in total. The second-order valence-corrected chi connectivity index (χ2v) is 5.72. The normalized spacial score (nSPS) is 23.0. The molecule has 1 saturated heterocycles. The van der Waals surface area contributed by atoms with Gasteiger partial charge in [-0.1, -0.05) is 13.8 Å². The Bertz CT molecular complexity index is 183. The highest BCUT2D eigenvalue weighted by atomic mass is 32.2. The second kappa shape index (κ2) is 6.09. The van der Waals surface area contributed by atoms with Crippen LogP contribution in [0.25, 0.3) is 0 Å². The molecule has 1 rings (SSSR count). The zero-order valence-electron chi connectivity index (χ0n) is 10.2. The molecule has 0 bridgehead atoms. The van der Waals surface area contributed by atoms with Gasteiger partial charge in [0.15, 0.2) is 0 Å². The molecule has 0 aromatic carbocycles. The van der Waals surface area contributed by atoms with Crippen molar-refractivity contribution < 1.29 is 4.74 Å². The summed E-state index contributed by atoms with van der Waals surface area (Å²) in [5, 5.41) is 0. The first-order chi connectivity index (χ1) is 7.17. The number of ether oxygens (including phenoxy) is 1. The number of rotatable bonds is 5. The van der Waals surface area contributed by atoms with Gasteiger partial charge in [-0.25, -0.2) is 0 Å². The van der Waals surface area contributed by atoms with E-state index in [1.165, 1.54) is 11.5 Å². The number of hydrogen-bond donors (Lipinski definition) is 1. The van der Waals surface area contributed by atoms with Gasteiger partial charge in [0, 0.05) is 38.2 Å². The highest BCUT2D eigenvalue weighted by Crippen LogP contribution is 2.27. The van der Waals surface area contributed by atoms with Gasteiger partial charge < -0.3 is 10.5 Å². The van der Waals surface area contributed by atoms with Gasteiger partial charge in [0.2, 0.25) is 0 Å². The highest BCUT2D eigenvalue weighted by Gasteiger charge is 2.39. The lowest BCUT2D eigenvalue weighted by Crippen LogP contribution is -2.62. The van der Waals surface area contributed by atoms with Crippen LogP contribution in [0.5, 0.6) is 0 Å². The van der Waals surface area contributed by atoms with Crippen LogP contribution in [0.1, 0.15) is 13.8 Å². The van der Waals surface area contributed by atoms with E-state index in [1.807, 2.05) is 11.8 Å². The van der Waals surface area contributed by atoms with Crippen molar-refractivity contribution in [3.8, 4) is 0 Å². The van der Waals surface area contributed by atoms with E-state index in [9.17, 15) is 0 Å². The molecular weight excluding hydrogens is 208 g/mol. The van der Waals surface area contributed by atoms with Gasteiger partial charge in [0.25, 0.3) is 0 Å². The van der Waals surface area contributed by atoms with Crippen LogP contribution in [0, 0.1) is 5.92 Å². The van der Waals surface area contributed by atoms with Crippen LogP contribution in [0.3, 0.4) is 0 Å². The Morgan fingerprint density at radius 1 is 1.40 bits per heavy atom. The third kappa shape index (κ3) is 2.87. The third-order valence-corrected chi connectivity index (χ3v) is 4.41. The van der Waals surface area contributed by atoms with E-state index in [-0.39, 0.29) is 5.54 Å². The van der Waals surface area contributed by atoms with E-state index in [4.69, 9.17) is 10.5 Å². The van der Waals surface area contributed by atoms with Gasteiger partial charge in [-0.2, -0.15) is 11.8 Å². The fourth-order valence-corrected chi connectivity index (χ4v) is 3.21. The zero-order valence-corrected chi connectivity index (χ0v) is 11.0. The molecule has 1 heterocycles. The molecule has 0 aromatic rings. The molecule has 0 radical (unpaired) electrons. The number of methoxy groups -OCH3 is 1. The van der Waals surface area contributed by atoms with Crippen molar-refractivity contribution in [1.29, 1.82) is 0 Å². The summed E-state index contributed by atoms with van der Waals surface area (Å²) in [7, 11) is 1.77. The summed E-state index contributed by atoms with van der Waals surface area (Å²) in [5.74, 6) is 2.97. The third-order valence-electron chi connectivity index (χ3n) is 3.46. The molecule has 2 N–H and O–H groups in total. The Balaban J connectivity index is 2.75. The van der Waals surface area contributed by atoms with Gasteiger partial charge in [0.1, 0.15) is 0 Å². The molecule has 1 aliphatic heterocycles. The van der Waals surface area contributed by atoms with Gasteiger partial charge in [-0.3, -0.25) is 4.90 Å². The van der Waals surface area contributed by atoms with E-state index in [0.29, 0.717) is 12.5 Å². The zero-order chi connectivity index (χ0) is 11.3. The molecule has 0 saturated carbocycles. The Morgan fingerprint density at radius 2 is 2.00 bits per heavy atom. The molecule has 1 atom stereocenters.